The largest absolute Gasteiger partial charge is 0.382 e. The van der Waals surface area contributed by atoms with Gasteiger partial charge in [-0.1, -0.05) is 23.4 Å². The number of aromatic nitrogens is 3. The highest BCUT2D eigenvalue weighted by Gasteiger charge is 2.48. The predicted molar refractivity (Wildman–Crippen MR) is 120 cm³/mol. The van der Waals surface area contributed by atoms with Gasteiger partial charge >= 0.3 is 0 Å². The first-order chi connectivity index (χ1) is 14.5. The summed E-state index contributed by atoms with van der Waals surface area (Å²) in [6.07, 6.45) is 7.50. The number of nitrogens with one attached hydrogen (secondary N) is 1. The highest BCUT2D eigenvalue weighted by Crippen LogP contribution is 2.41. The van der Waals surface area contributed by atoms with E-state index >= 15 is 0 Å². The van der Waals surface area contributed by atoms with E-state index in [1.54, 1.807) is 12.4 Å². The topological polar surface area (TPSA) is 109 Å². The van der Waals surface area contributed by atoms with Gasteiger partial charge in [0.2, 0.25) is 0 Å². The molecule has 2 aromatic rings. The maximum absolute atomic E-state index is 6.62. The fourth-order valence-corrected chi connectivity index (χ4v) is 5.70. The highest BCUT2D eigenvalue weighted by molar-refractivity contribution is 7.99. The average molecular weight is 447 g/mol. The van der Waals surface area contributed by atoms with Crippen molar-refractivity contribution in [2.24, 2.45) is 11.1 Å². The highest BCUT2D eigenvalue weighted by atomic mass is 35.5. The number of nitrogen functional groups attached to an aromatic ring is 1. The summed E-state index contributed by atoms with van der Waals surface area (Å²) >= 11 is 7.67. The summed E-state index contributed by atoms with van der Waals surface area (Å²) in [6.45, 7) is 6.31. The summed E-state index contributed by atoms with van der Waals surface area (Å²) in [4.78, 5) is 19.0. The Bertz CT molecular complexity index is 898. The Kier molecular flexibility index (Phi) is 5.49. The molecule has 0 aromatic carbocycles. The zero-order valence-corrected chi connectivity index (χ0v) is 18.4. The van der Waals surface area contributed by atoms with Crippen LogP contribution in [0.25, 0.3) is 0 Å². The van der Waals surface area contributed by atoms with Gasteiger partial charge in [-0.25, -0.2) is 15.0 Å². The van der Waals surface area contributed by atoms with Gasteiger partial charge in [0.15, 0.2) is 0 Å². The van der Waals surface area contributed by atoms with Crippen LogP contribution in [0.1, 0.15) is 12.8 Å². The molecular formula is C20H27ClN8S. The summed E-state index contributed by atoms with van der Waals surface area (Å²) < 4.78 is 0. The summed E-state index contributed by atoms with van der Waals surface area (Å²) in [7, 11) is 0. The maximum Gasteiger partial charge on any atom is 0.147 e. The Labute approximate surface area is 185 Å². The van der Waals surface area contributed by atoms with Gasteiger partial charge in [0.1, 0.15) is 16.7 Å². The SMILES string of the molecule is Nc1nccc(Sc2cnc(N3CCC4(CC3)CN(C3CNC3)C[C@H]4N)cn2)c1Cl. The molecule has 1 spiro atoms. The lowest BCUT2D eigenvalue weighted by atomic mass is 9.75. The van der Waals surface area contributed by atoms with Crippen LogP contribution in [0, 0.1) is 5.41 Å². The van der Waals surface area contributed by atoms with Crippen molar-refractivity contribution < 1.29 is 0 Å². The van der Waals surface area contributed by atoms with Gasteiger partial charge < -0.3 is 21.7 Å². The van der Waals surface area contributed by atoms with E-state index in [0.29, 0.717) is 16.9 Å². The summed E-state index contributed by atoms with van der Waals surface area (Å²) in [5.74, 6) is 1.24. The number of likely N-dealkylation sites (tertiary alicyclic amines) is 1. The molecule has 2 aromatic heterocycles. The Balaban J connectivity index is 1.21. The molecule has 3 aliphatic rings. The van der Waals surface area contributed by atoms with Crippen molar-refractivity contribution in [1.82, 2.24) is 25.2 Å². The Morgan fingerprint density at radius 2 is 1.97 bits per heavy atom. The number of hydrogen-bond acceptors (Lipinski definition) is 9. The summed E-state index contributed by atoms with van der Waals surface area (Å²) in [5, 5.41) is 4.61. The van der Waals surface area contributed by atoms with Crippen LogP contribution in [0.2, 0.25) is 5.02 Å². The van der Waals surface area contributed by atoms with Gasteiger partial charge in [-0.15, -0.1) is 0 Å². The van der Waals surface area contributed by atoms with Gasteiger partial charge in [0.25, 0.3) is 0 Å². The van der Waals surface area contributed by atoms with Crippen LogP contribution in [-0.4, -0.2) is 71.2 Å². The summed E-state index contributed by atoms with van der Waals surface area (Å²) in [5.41, 5.74) is 12.6. The molecule has 0 aliphatic carbocycles. The minimum atomic E-state index is 0.243. The average Bonchev–Trinajstić information content (AvgIpc) is 3.00. The molecule has 0 unspecified atom stereocenters. The van der Waals surface area contributed by atoms with Crippen molar-refractivity contribution in [3.05, 3.63) is 29.7 Å². The third-order valence-electron chi connectivity index (χ3n) is 6.81. The lowest BCUT2D eigenvalue weighted by Crippen LogP contribution is -2.57. The number of pyridine rings is 1. The first kappa shape index (κ1) is 20.3. The van der Waals surface area contributed by atoms with Crippen molar-refractivity contribution in [3.63, 3.8) is 0 Å². The number of halogens is 1. The van der Waals surface area contributed by atoms with Gasteiger partial charge in [0, 0.05) is 67.9 Å². The van der Waals surface area contributed by atoms with E-state index in [-0.39, 0.29) is 11.5 Å². The molecule has 160 valence electrons. The van der Waals surface area contributed by atoms with E-state index in [1.807, 2.05) is 12.3 Å². The second-order valence-electron chi connectivity index (χ2n) is 8.52. The molecule has 30 heavy (non-hydrogen) atoms. The normalized spacial score (nSPS) is 24.3. The maximum atomic E-state index is 6.62. The molecule has 0 radical (unpaired) electrons. The van der Waals surface area contributed by atoms with Crippen LogP contribution in [0.3, 0.4) is 0 Å². The van der Waals surface area contributed by atoms with Crippen LogP contribution < -0.4 is 21.7 Å². The first-order valence-corrected chi connectivity index (χ1v) is 11.6. The number of piperidine rings is 1. The van der Waals surface area contributed by atoms with Crippen LogP contribution >= 0.6 is 23.4 Å². The summed E-state index contributed by atoms with van der Waals surface area (Å²) in [6, 6.07) is 2.77. The molecule has 0 saturated carbocycles. The molecule has 0 bridgehead atoms. The van der Waals surface area contributed by atoms with Crippen LogP contribution in [-0.2, 0) is 0 Å². The number of rotatable bonds is 4. The van der Waals surface area contributed by atoms with Crippen molar-refractivity contribution in [2.45, 2.75) is 34.8 Å². The van der Waals surface area contributed by atoms with Crippen LogP contribution in [0.4, 0.5) is 11.6 Å². The lowest BCUT2D eigenvalue weighted by Gasteiger charge is -2.43. The van der Waals surface area contributed by atoms with Crippen molar-refractivity contribution in [1.29, 1.82) is 0 Å². The molecule has 5 N–H and O–H groups in total. The molecule has 0 amide bonds. The molecule has 1 atom stereocenters. The molecular weight excluding hydrogens is 420 g/mol. The number of nitrogens with two attached hydrogens (primary N) is 2. The van der Waals surface area contributed by atoms with Gasteiger partial charge in [0.05, 0.1) is 17.4 Å². The van der Waals surface area contributed by atoms with Crippen molar-refractivity contribution >= 4 is 35.0 Å². The molecule has 3 saturated heterocycles. The van der Waals surface area contributed by atoms with Crippen molar-refractivity contribution in [3.8, 4) is 0 Å². The van der Waals surface area contributed by atoms with Gasteiger partial charge in [-0.3, -0.25) is 4.90 Å². The first-order valence-electron chi connectivity index (χ1n) is 10.4. The van der Waals surface area contributed by atoms with E-state index in [1.165, 1.54) is 11.8 Å². The molecule has 3 aliphatic heterocycles. The van der Waals surface area contributed by atoms with Gasteiger partial charge in [-0.05, 0) is 18.9 Å². The third-order valence-corrected chi connectivity index (χ3v) is 8.29. The quantitative estimate of drug-likeness (QED) is 0.642. The van der Waals surface area contributed by atoms with Crippen molar-refractivity contribution in [2.75, 3.05) is 49.9 Å². The zero-order valence-electron chi connectivity index (χ0n) is 16.8. The number of hydrogen-bond donors (Lipinski definition) is 3. The van der Waals surface area contributed by atoms with Gasteiger partial charge in [-0.2, -0.15) is 0 Å². The second kappa shape index (κ2) is 8.12. The van der Waals surface area contributed by atoms with E-state index in [9.17, 15) is 0 Å². The number of nitrogens with zero attached hydrogens (tertiary/aromatic N) is 5. The van der Waals surface area contributed by atoms with E-state index in [0.717, 1.165) is 67.8 Å². The standard InChI is InChI=1S/C20H27ClN8S/c21-18-14(1-4-25-19(18)23)30-17-10-26-16(9-27-17)28-5-2-20(3-6-28)12-29(11-15(20)22)13-7-24-8-13/h1,4,9-10,13,15,24H,2-3,5-8,11-12,22H2,(H2,23,25)/t15-/m1/s1. The molecule has 3 fully saturated rings. The Morgan fingerprint density at radius 1 is 1.17 bits per heavy atom. The molecule has 10 heteroatoms. The third kappa shape index (κ3) is 3.73. The molecule has 5 heterocycles. The molecule has 5 rings (SSSR count). The second-order valence-corrected chi connectivity index (χ2v) is 9.96. The fraction of sp³-hybridized carbons (Fsp3) is 0.550. The van der Waals surface area contributed by atoms with E-state index < -0.39 is 0 Å². The molecule has 8 nitrogen and oxygen atoms in total. The Hall–Kier alpha value is -1.65. The van der Waals surface area contributed by atoms with E-state index in [2.05, 4.69) is 30.1 Å². The lowest BCUT2D eigenvalue weighted by molar-refractivity contribution is 0.141. The fourth-order valence-electron chi connectivity index (χ4n) is 4.71. The minimum Gasteiger partial charge on any atom is -0.382 e. The van der Waals surface area contributed by atoms with Crippen LogP contribution in [0.5, 0.6) is 0 Å². The zero-order chi connectivity index (χ0) is 20.7. The van der Waals surface area contributed by atoms with E-state index in [4.69, 9.17) is 23.1 Å². The number of anilines is 2. The monoisotopic (exact) mass is 446 g/mol. The predicted octanol–water partition coefficient (Wildman–Crippen LogP) is 1.46. The van der Waals surface area contributed by atoms with Crippen LogP contribution in [0.15, 0.2) is 34.6 Å². The minimum absolute atomic E-state index is 0.243. The Morgan fingerprint density at radius 3 is 2.63 bits per heavy atom. The smallest absolute Gasteiger partial charge is 0.147 e.